The van der Waals surface area contributed by atoms with Crippen molar-refractivity contribution in [2.75, 3.05) is 27.9 Å². The summed E-state index contributed by atoms with van der Waals surface area (Å²) >= 11 is 0. The number of benzene rings is 3. The monoisotopic (exact) mass is 630 g/mol. The van der Waals surface area contributed by atoms with E-state index < -0.39 is 41.2 Å². The molecule has 3 aliphatic rings. The van der Waals surface area contributed by atoms with Crippen molar-refractivity contribution < 1.29 is 38.7 Å². The molecule has 1 saturated carbocycles. The van der Waals surface area contributed by atoms with Crippen LogP contribution in [0.5, 0.6) is 23.0 Å². The van der Waals surface area contributed by atoms with Crippen LogP contribution in [-0.4, -0.2) is 67.1 Å². The lowest BCUT2D eigenvalue weighted by Gasteiger charge is -2.45. The number of likely N-dealkylation sites (tertiary alicyclic amines) is 1. The summed E-state index contributed by atoms with van der Waals surface area (Å²) in [5.41, 5.74) is -2.37. The molecule has 0 aromatic heterocycles. The topological polar surface area (TPSA) is 127 Å². The fraction of sp³-hybridized carbons (Fsp3) is 0.444. The SMILES string of the molecule is CCC(C)C(=O)N[C@H]1CCCN1C(=O)[C@H]1[C@H](c2ccccc2)[C@@]2(c3ccc(OC)cc3)Oc3cc(OC)cc(OC)c3[C@]1(O)[C@H]2O. The second-order valence-corrected chi connectivity index (χ2v) is 12.4. The van der Waals surface area contributed by atoms with Gasteiger partial charge >= 0.3 is 0 Å². The molecule has 1 aliphatic carbocycles. The highest BCUT2D eigenvalue weighted by Gasteiger charge is 2.76. The summed E-state index contributed by atoms with van der Waals surface area (Å²) in [6, 6.07) is 19.7. The van der Waals surface area contributed by atoms with Crippen LogP contribution in [0.2, 0.25) is 0 Å². The minimum Gasteiger partial charge on any atom is -0.497 e. The van der Waals surface area contributed by atoms with Crippen LogP contribution in [0.1, 0.15) is 55.7 Å². The van der Waals surface area contributed by atoms with Crippen LogP contribution in [0.25, 0.3) is 0 Å². The van der Waals surface area contributed by atoms with Crippen molar-refractivity contribution in [3.63, 3.8) is 0 Å². The highest BCUT2D eigenvalue weighted by atomic mass is 16.5. The van der Waals surface area contributed by atoms with Crippen molar-refractivity contribution in [1.82, 2.24) is 10.2 Å². The molecule has 10 heteroatoms. The number of aliphatic hydroxyl groups excluding tert-OH is 1. The molecule has 1 saturated heterocycles. The Kier molecular flexibility index (Phi) is 8.37. The number of hydrogen-bond donors (Lipinski definition) is 3. The second-order valence-electron chi connectivity index (χ2n) is 12.4. The Bertz CT molecular complexity index is 1600. The first kappa shape index (κ1) is 31.7. The first-order valence-electron chi connectivity index (χ1n) is 15.8. The number of carbonyl (C=O) groups is 2. The fourth-order valence-electron chi connectivity index (χ4n) is 7.61. The van der Waals surface area contributed by atoms with E-state index in [1.54, 1.807) is 48.4 Å². The van der Waals surface area contributed by atoms with Crippen molar-refractivity contribution in [2.45, 2.75) is 62.5 Å². The minimum absolute atomic E-state index is 0.132. The first-order valence-corrected chi connectivity index (χ1v) is 15.8. The Balaban J connectivity index is 1.60. The molecule has 1 unspecified atom stereocenters. The van der Waals surface area contributed by atoms with Crippen LogP contribution < -0.4 is 24.3 Å². The van der Waals surface area contributed by atoms with Crippen LogP contribution in [0.4, 0.5) is 0 Å². The largest absolute Gasteiger partial charge is 0.497 e. The predicted molar refractivity (Wildman–Crippen MR) is 170 cm³/mol. The summed E-state index contributed by atoms with van der Waals surface area (Å²) in [5, 5.41) is 28.8. The summed E-state index contributed by atoms with van der Waals surface area (Å²) in [6.45, 7) is 4.19. The fourth-order valence-corrected chi connectivity index (χ4v) is 7.61. The van der Waals surface area contributed by atoms with Gasteiger partial charge in [-0.2, -0.15) is 0 Å². The number of aliphatic hydroxyl groups is 2. The Hall–Kier alpha value is -4.28. The summed E-state index contributed by atoms with van der Waals surface area (Å²) in [7, 11) is 4.54. The van der Waals surface area contributed by atoms with E-state index in [9.17, 15) is 15.0 Å². The van der Waals surface area contributed by atoms with Gasteiger partial charge in [-0.1, -0.05) is 56.3 Å². The molecule has 3 aromatic carbocycles. The standard InChI is InChI=1S/C36H42N2O8/c1-6-21(2)32(39)37-28-13-10-18-38(28)33(40)31-29(22-11-8-7-9-12-22)36(23-14-16-24(43-3)17-15-23)34(41)35(31,42)30-26(45-5)19-25(44-4)20-27(30)46-36/h7-9,11-12,14-17,19-21,28-29,31,34,41-42H,6,10,13,18H2,1-5H3,(H,37,39)/t21?,28-,29+,31-,34-,35-,36-/m1/s1. The third kappa shape index (κ3) is 4.69. The zero-order chi connectivity index (χ0) is 32.8. The van der Waals surface area contributed by atoms with Gasteiger partial charge in [0.25, 0.3) is 0 Å². The molecule has 2 fully saturated rings. The van der Waals surface area contributed by atoms with Crippen LogP contribution in [0, 0.1) is 11.8 Å². The number of nitrogens with one attached hydrogen (secondary N) is 1. The lowest BCUT2D eigenvalue weighted by atomic mass is 9.75. The minimum atomic E-state index is -2.17. The Morgan fingerprint density at radius 3 is 2.35 bits per heavy atom. The van der Waals surface area contributed by atoms with Crippen molar-refractivity contribution in [3.8, 4) is 23.0 Å². The number of hydrogen-bond acceptors (Lipinski definition) is 8. The number of nitrogens with zero attached hydrogens (tertiary/aromatic N) is 1. The number of fused-ring (bicyclic) bond motifs is 4. The average Bonchev–Trinajstić information content (AvgIpc) is 3.59. The first-order chi connectivity index (χ1) is 22.1. The molecule has 244 valence electrons. The highest BCUT2D eigenvalue weighted by Crippen LogP contribution is 2.68. The molecule has 7 atom stereocenters. The maximum Gasteiger partial charge on any atom is 0.231 e. The van der Waals surface area contributed by atoms with Crippen molar-refractivity contribution >= 4 is 11.8 Å². The number of carbonyl (C=O) groups excluding carboxylic acids is 2. The lowest BCUT2D eigenvalue weighted by molar-refractivity contribution is -0.167. The van der Waals surface area contributed by atoms with Crippen LogP contribution in [0.3, 0.4) is 0 Å². The zero-order valence-corrected chi connectivity index (χ0v) is 26.9. The maximum absolute atomic E-state index is 15.1. The zero-order valence-electron chi connectivity index (χ0n) is 26.9. The maximum atomic E-state index is 15.1. The van der Waals surface area contributed by atoms with E-state index in [1.165, 1.54) is 14.2 Å². The molecule has 2 aliphatic heterocycles. The van der Waals surface area contributed by atoms with E-state index in [1.807, 2.05) is 44.2 Å². The highest BCUT2D eigenvalue weighted by molar-refractivity contribution is 5.86. The van der Waals surface area contributed by atoms with Gasteiger partial charge in [0, 0.05) is 30.5 Å². The molecule has 2 bridgehead atoms. The Morgan fingerprint density at radius 2 is 1.72 bits per heavy atom. The number of amides is 2. The molecule has 3 aromatic rings. The Morgan fingerprint density at radius 1 is 1.02 bits per heavy atom. The molecular weight excluding hydrogens is 588 g/mol. The molecule has 0 radical (unpaired) electrons. The lowest BCUT2D eigenvalue weighted by Crippen LogP contribution is -2.56. The van der Waals surface area contributed by atoms with E-state index in [2.05, 4.69) is 5.32 Å². The molecule has 10 nitrogen and oxygen atoms in total. The normalized spacial score (nSPS) is 28.5. The molecule has 6 rings (SSSR count). The third-order valence-electron chi connectivity index (χ3n) is 10.1. The number of ether oxygens (including phenoxy) is 4. The van der Waals surface area contributed by atoms with Gasteiger partial charge in [-0.3, -0.25) is 9.59 Å². The van der Waals surface area contributed by atoms with E-state index in [0.29, 0.717) is 48.4 Å². The van der Waals surface area contributed by atoms with Crippen LogP contribution in [0.15, 0.2) is 66.7 Å². The molecule has 2 amide bonds. The Labute approximate surface area is 269 Å². The second kappa shape index (κ2) is 12.1. The van der Waals surface area contributed by atoms with Gasteiger partial charge < -0.3 is 39.4 Å². The van der Waals surface area contributed by atoms with Gasteiger partial charge in [0.1, 0.15) is 40.9 Å². The quantitative estimate of drug-likeness (QED) is 0.323. The predicted octanol–water partition coefficient (Wildman–Crippen LogP) is 4.07. The smallest absolute Gasteiger partial charge is 0.231 e. The number of rotatable bonds is 9. The molecule has 3 N–H and O–H groups in total. The van der Waals surface area contributed by atoms with Crippen molar-refractivity contribution in [1.29, 1.82) is 0 Å². The summed E-state index contributed by atoms with van der Waals surface area (Å²) < 4.78 is 23.7. The molecule has 46 heavy (non-hydrogen) atoms. The van der Waals surface area contributed by atoms with Crippen molar-refractivity contribution in [3.05, 3.63) is 83.4 Å². The van der Waals surface area contributed by atoms with Gasteiger partial charge in [-0.05, 0) is 42.5 Å². The number of methoxy groups -OCH3 is 3. The van der Waals surface area contributed by atoms with Crippen LogP contribution >= 0.6 is 0 Å². The van der Waals surface area contributed by atoms with Gasteiger partial charge in [-0.15, -0.1) is 0 Å². The molecular formula is C36H42N2O8. The van der Waals surface area contributed by atoms with Gasteiger partial charge in [0.05, 0.1) is 32.8 Å². The molecule has 2 heterocycles. The van der Waals surface area contributed by atoms with E-state index in [4.69, 9.17) is 18.9 Å². The summed E-state index contributed by atoms with van der Waals surface area (Å²) in [6.07, 6.45) is -0.244. The van der Waals surface area contributed by atoms with Crippen molar-refractivity contribution in [2.24, 2.45) is 11.8 Å². The third-order valence-corrected chi connectivity index (χ3v) is 10.1. The van der Waals surface area contributed by atoms with E-state index in [-0.39, 0.29) is 28.9 Å². The summed E-state index contributed by atoms with van der Waals surface area (Å²) in [5.74, 6) is -1.38. The van der Waals surface area contributed by atoms with E-state index in [0.717, 1.165) is 0 Å². The van der Waals surface area contributed by atoms with E-state index >= 15 is 4.79 Å². The molecule has 0 spiro atoms. The average molecular weight is 631 g/mol. The summed E-state index contributed by atoms with van der Waals surface area (Å²) in [4.78, 5) is 29.8. The van der Waals surface area contributed by atoms with Gasteiger partial charge in [0.15, 0.2) is 5.60 Å². The van der Waals surface area contributed by atoms with Gasteiger partial charge in [-0.25, -0.2) is 0 Å². The van der Waals surface area contributed by atoms with Gasteiger partial charge in [0.2, 0.25) is 11.8 Å². The van der Waals surface area contributed by atoms with Crippen LogP contribution in [-0.2, 0) is 20.8 Å².